The predicted octanol–water partition coefficient (Wildman–Crippen LogP) is 5.52. The van der Waals surface area contributed by atoms with Crippen molar-refractivity contribution in [1.82, 2.24) is 25.1 Å². The van der Waals surface area contributed by atoms with Gasteiger partial charge < -0.3 is 4.74 Å². The van der Waals surface area contributed by atoms with Gasteiger partial charge in [-0.3, -0.25) is 4.90 Å². The zero-order chi connectivity index (χ0) is 22.6. The summed E-state index contributed by atoms with van der Waals surface area (Å²) in [5, 5.41) is 14.0. The molecule has 33 heavy (non-hydrogen) atoms. The molecular weight excluding hydrogens is 434 g/mol. The van der Waals surface area contributed by atoms with Gasteiger partial charge in [0.2, 0.25) is 0 Å². The number of tetrazole rings is 1. The monoisotopic (exact) mass is 465 g/mol. The van der Waals surface area contributed by atoms with Crippen LogP contribution >= 0.6 is 11.6 Å². The lowest BCUT2D eigenvalue weighted by Gasteiger charge is -2.33. The molecule has 1 aliphatic heterocycles. The Balaban J connectivity index is 1.55. The Morgan fingerprint density at radius 3 is 2.48 bits per heavy atom. The van der Waals surface area contributed by atoms with Crippen LogP contribution in [0.3, 0.4) is 0 Å². The summed E-state index contributed by atoms with van der Waals surface area (Å²) in [4.78, 5) is 2.49. The van der Waals surface area contributed by atoms with Gasteiger partial charge in [0, 0.05) is 24.7 Å². The standard InChI is InChI=1S/C26H32ClN5O/c1-19-8-12-21(13-9-19)25(26-28-29-30-32(26)23-5-2-3-6-23)31(18-24-7-4-16-33-24)17-20-10-14-22(27)15-11-20/h8-15,23-25H,2-7,16-18H2,1H3/t24-,25+/m0/s1. The van der Waals surface area contributed by atoms with Crippen molar-refractivity contribution >= 4 is 11.6 Å². The minimum atomic E-state index is -0.0546. The molecule has 2 aromatic carbocycles. The number of nitrogens with zero attached hydrogens (tertiary/aromatic N) is 5. The molecule has 0 bridgehead atoms. The van der Waals surface area contributed by atoms with Crippen LogP contribution < -0.4 is 0 Å². The fraction of sp³-hybridized carbons (Fsp3) is 0.500. The van der Waals surface area contributed by atoms with Crippen molar-refractivity contribution in [2.75, 3.05) is 13.2 Å². The number of hydrogen-bond donors (Lipinski definition) is 0. The average molecular weight is 466 g/mol. The van der Waals surface area contributed by atoms with Crippen LogP contribution in [0.1, 0.15) is 73.1 Å². The van der Waals surface area contributed by atoms with Crippen LogP contribution in [-0.2, 0) is 11.3 Å². The highest BCUT2D eigenvalue weighted by Crippen LogP contribution is 2.35. The quantitative estimate of drug-likeness (QED) is 0.438. The minimum Gasteiger partial charge on any atom is -0.377 e. The van der Waals surface area contributed by atoms with Crippen molar-refractivity contribution in [3.05, 3.63) is 76.1 Å². The number of benzene rings is 2. The number of rotatable bonds is 8. The molecule has 7 heteroatoms. The maximum atomic E-state index is 6.17. The Bertz CT molecular complexity index is 1020. The summed E-state index contributed by atoms with van der Waals surface area (Å²) >= 11 is 6.17. The van der Waals surface area contributed by atoms with Gasteiger partial charge in [-0.25, -0.2) is 4.68 Å². The van der Waals surface area contributed by atoms with Crippen LogP contribution in [-0.4, -0.2) is 44.4 Å². The summed E-state index contributed by atoms with van der Waals surface area (Å²) < 4.78 is 8.17. The van der Waals surface area contributed by atoms with Crippen molar-refractivity contribution in [1.29, 1.82) is 0 Å². The Morgan fingerprint density at radius 1 is 1.03 bits per heavy atom. The maximum absolute atomic E-state index is 6.17. The molecule has 3 aromatic rings. The molecule has 0 unspecified atom stereocenters. The molecule has 2 fully saturated rings. The third kappa shape index (κ3) is 5.29. The van der Waals surface area contributed by atoms with E-state index < -0.39 is 0 Å². The molecule has 1 aromatic heterocycles. The molecule has 2 heterocycles. The highest BCUT2D eigenvalue weighted by Gasteiger charge is 2.33. The van der Waals surface area contributed by atoms with E-state index in [1.54, 1.807) is 0 Å². The first-order valence-corrected chi connectivity index (χ1v) is 12.5. The Hall–Kier alpha value is -2.28. The fourth-order valence-electron chi connectivity index (χ4n) is 5.20. The first-order chi connectivity index (χ1) is 16.2. The van der Waals surface area contributed by atoms with Crippen molar-refractivity contribution in [2.24, 2.45) is 0 Å². The van der Waals surface area contributed by atoms with E-state index in [1.807, 2.05) is 12.1 Å². The Kier molecular flexibility index (Phi) is 7.04. The van der Waals surface area contributed by atoms with E-state index in [4.69, 9.17) is 16.3 Å². The summed E-state index contributed by atoms with van der Waals surface area (Å²) in [5.41, 5.74) is 3.67. The summed E-state index contributed by atoms with van der Waals surface area (Å²) in [6.07, 6.45) is 7.19. The van der Waals surface area contributed by atoms with Crippen molar-refractivity contribution in [3.63, 3.8) is 0 Å². The van der Waals surface area contributed by atoms with Crippen LogP contribution in [0.5, 0.6) is 0 Å². The van der Waals surface area contributed by atoms with E-state index in [2.05, 4.69) is 68.4 Å². The van der Waals surface area contributed by atoms with Gasteiger partial charge in [0.15, 0.2) is 5.82 Å². The summed E-state index contributed by atoms with van der Waals surface area (Å²) in [7, 11) is 0. The predicted molar refractivity (Wildman–Crippen MR) is 129 cm³/mol. The van der Waals surface area contributed by atoms with Gasteiger partial charge in [0.1, 0.15) is 0 Å². The van der Waals surface area contributed by atoms with Gasteiger partial charge in [-0.2, -0.15) is 0 Å². The van der Waals surface area contributed by atoms with E-state index in [1.165, 1.54) is 29.5 Å². The summed E-state index contributed by atoms with van der Waals surface area (Å²) in [5.74, 6) is 0.928. The molecule has 0 amide bonds. The van der Waals surface area contributed by atoms with E-state index >= 15 is 0 Å². The first kappa shape index (κ1) is 22.5. The topological polar surface area (TPSA) is 56.1 Å². The van der Waals surface area contributed by atoms with Gasteiger partial charge in [0.25, 0.3) is 0 Å². The van der Waals surface area contributed by atoms with Gasteiger partial charge in [-0.05, 0) is 66.3 Å². The second kappa shape index (κ2) is 10.3. The zero-order valence-electron chi connectivity index (χ0n) is 19.2. The molecule has 5 rings (SSSR count). The van der Waals surface area contributed by atoms with Crippen LogP contribution in [0, 0.1) is 6.92 Å². The lowest BCUT2D eigenvalue weighted by Crippen LogP contribution is -2.37. The van der Waals surface area contributed by atoms with E-state index in [-0.39, 0.29) is 12.1 Å². The van der Waals surface area contributed by atoms with Crippen molar-refractivity contribution in [2.45, 2.75) is 70.2 Å². The summed E-state index contributed by atoms with van der Waals surface area (Å²) in [6.45, 7) is 4.57. The zero-order valence-corrected chi connectivity index (χ0v) is 20.0. The first-order valence-electron chi connectivity index (χ1n) is 12.1. The second-order valence-electron chi connectivity index (χ2n) is 9.42. The molecule has 1 saturated heterocycles. The molecule has 0 radical (unpaired) electrons. The van der Waals surface area contributed by atoms with Crippen molar-refractivity contribution < 1.29 is 4.74 Å². The molecule has 0 N–H and O–H groups in total. The SMILES string of the molecule is Cc1ccc([C@H](c2nnnn2C2CCCC2)N(Cc2ccc(Cl)cc2)C[C@@H]2CCCO2)cc1. The third-order valence-corrected chi connectivity index (χ3v) is 7.20. The second-order valence-corrected chi connectivity index (χ2v) is 9.86. The smallest absolute Gasteiger partial charge is 0.173 e. The van der Waals surface area contributed by atoms with Crippen LogP contribution in [0.15, 0.2) is 48.5 Å². The molecule has 2 aliphatic rings. The number of aromatic nitrogens is 4. The fourth-order valence-corrected chi connectivity index (χ4v) is 5.32. The van der Waals surface area contributed by atoms with Gasteiger partial charge in [-0.1, -0.05) is 66.4 Å². The Labute approximate surface area is 200 Å². The van der Waals surface area contributed by atoms with E-state index in [9.17, 15) is 0 Å². The largest absolute Gasteiger partial charge is 0.377 e. The van der Waals surface area contributed by atoms with Crippen LogP contribution in [0.25, 0.3) is 0 Å². The minimum absolute atomic E-state index is 0.0546. The van der Waals surface area contributed by atoms with Gasteiger partial charge >= 0.3 is 0 Å². The molecular formula is C26H32ClN5O. The molecule has 2 atom stereocenters. The van der Waals surface area contributed by atoms with Crippen LogP contribution in [0.4, 0.5) is 0 Å². The lowest BCUT2D eigenvalue weighted by molar-refractivity contribution is 0.0572. The van der Waals surface area contributed by atoms with Crippen molar-refractivity contribution in [3.8, 4) is 0 Å². The van der Waals surface area contributed by atoms with Gasteiger partial charge in [-0.15, -0.1) is 5.10 Å². The molecule has 1 saturated carbocycles. The molecule has 6 nitrogen and oxygen atoms in total. The Morgan fingerprint density at radius 2 is 1.79 bits per heavy atom. The normalized spacial score (nSPS) is 20.0. The number of ether oxygens (including phenoxy) is 1. The van der Waals surface area contributed by atoms with E-state index in [0.29, 0.717) is 6.04 Å². The average Bonchev–Trinajstić information content (AvgIpc) is 3.60. The summed E-state index contributed by atoms with van der Waals surface area (Å²) in [6, 6.07) is 17.3. The maximum Gasteiger partial charge on any atom is 0.173 e. The molecule has 0 spiro atoms. The van der Waals surface area contributed by atoms with Crippen LogP contribution in [0.2, 0.25) is 5.02 Å². The number of hydrogen-bond acceptors (Lipinski definition) is 5. The number of halogens is 1. The highest BCUT2D eigenvalue weighted by molar-refractivity contribution is 6.30. The molecule has 174 valence electrons. The third-order valence-electron chi connectivity index (χ3n) is 6.95. The highest BCUT2D eigenvalue weighted by atomic mass is 35.5. The number of aryl methyl sites for hydroxylation is 1. The molecule has 1 aliphatic carbocycles. The van der Waals surface area contributed by atoms with Gasteiger partial charge in [0.05, 0.1) is 18.2 Å². The van der Waals surface area contributed by atoms with E-state index in [0.717, 1.165) is 56.2 Å². The lowest BCUT2D eigenvalue weighted by atomic mass is 10.0.